The van der Waals surface area contributed by atoms with Gasteiger partial charge >= 0.3 is 11.9 Å². The fraction of sp³-hybridized carbons (Fsp3) is 0.0952. The van der Waals surface area contributed by atoms with E-state index in [0.29, 0.717) is 11.4 Å². The predicted octanol–water partition coefficient (Wildman–Crippen LogP) is 3.47. The lowest BCUT2D eigenvalue weighted by Gasteiger charge is -2.17. The highest BCUT2D eigenvalue weighted by Gasteiger charge is 2.25. The number of nitrogen functional groups attached to an aromatic ring is 1. The number of aryl methyl sites for hydroxylation is 1. The van der Waals surface area contributed by atoms with Crippen molar-refractivity contribution in [1.29, 1.82) is 5.26 Å². The van der Waals surface area contributed by atoms with Crippen LogP contribution in [0.25, 0.3) is 5.69 Å². The van der Waals surface area contributed by atoms with Crippen molar-refractivity contribution >= 4 is 29.0 Å². The van der Waals surface area contributed by atoms with Crippen molar-refractivity contribution in [1.82, 2.24) is 4.57 Å². The summed E-state index contributed by atoms with van der Waals surface area (Å²) in [5, 5.41) is 22.1. The molecule has 0 unspecified atom stereocenters. The molecule has 8 heteroatoms. The molecule has 146 valence electrons. The maximum Gasteiger partial charge on any atom is 0.357 e. The molecule has 0 amide bonds. The molecule has 1 aromatic heterocycles. The highest BCUT2D eigenvalue weighted by Crippen LogP contribution is 2.33. The van der Waals surface area contributed by atoms with Crippen LogP contribution in [0.2, 0.25) is 0 Å². The van der Waals surface area contributed by atoms with E-state index in [1.807, 2.05) is 37.3 Å². The first-order chi connectivity index (χ1) is 13.9. The summed E-state index contributed by atoms with van der Waals surface area (Å²) in [5.74, 6) is -1.90. The van der Waals surface area contributed by atoms with Gasteiger partial charge in [-0.05, 0) is 31.2 Å². The second kappa shape index (κ2) is 7.78. The van der Waals surface area contributed by atoms with Crippen molar-refractivity contribution in [2.75, 3.05) is 18.2 Å². The van der Waals surface area contributed by atoms with Crippen LogP contribution in [0, 0.1) is 18.3 Å². The molecule has 8 nitrogen and oxygen atoms in total. The monoisotopic (exact) mass is 390 g/mol. The van der Waals surface area contributed by atoms with Crippen LogP contribution in [0.5, 0.6) is 0 Å². The molecule has 0 fully saturated rings. The van der Waals surface area contributed by atoms with Crippen LogP contribution in [0.4, 0.5) is 17.1 Å². The average molecular weight is 390 g/mol. The SMILES string of the molecule is COC(=O)c1c(N)c(C#N)cn1-c1cccc(C(=O)O)c1Nc1ccc(C)cc1. The van der Waals surface area contributed by atoms with E-state index in [9.17, 15) is 20.0 Å². The van der Waals surface area contributed by atoms with Gasteiger partial charge in [-0.2, -0.15) is 5.26 Å². The quantitative estimate of drug-likeness (QED) is 0.569. The smallest absolute Gasteiger partial charge is 0.357 e. The summed E-state index contributed by atoms with van der Waals surface area (Å²) < 4.78 is 6.16. The number of carboxylic acid groups (broad SMARTS) is 1. The number of aromatic nitrogens is 1. The van der Waals surface area contributed by atoms with Crippen LogP contribution in [0.1, 0.15) is 32.0 Å². The van der Waals surface area contributed by atoms with Crippen LogP contribution in [-0.2, 0) is 4.74 Å². The number of carbonyl (C=O) groups is 2. The molecule has 0 saturated heterocycles. The number of anilines is 3. The van der Waals surface area contributed by atoms with Crippen LogP contribution >= 0.6 is 0 Å². The molecule has 29 heavy (non-hydrogen) atoms. The zero-order chi connectivity index (χ0) is 21.1. The number of ether oxygens (including phenoxy) is 1. The molecule has 0 aliphatic rings. The molecule has 3 rings (SSSR count). The first-order valence-electron chi connectivity index (χ1n) is 8.57. The summed E-state index contributed by atoms with van der Waals surface area (Å²) in [6.07, 6.45) is 1.38. The Kier molecular flexibility index (Phi) is 5.23. The summed E-state index contributed by atoms with van der Waals surface area (Å²) in [5.41, 5.74) is 8.22. The fourth-order valence-electron chi connectivity index (χ4n) is 2.94. The van der Waals surface area contributed by atoms with E-state index in [1.165, 1.54) is 23.9 Å². The Labute approximate surface area is 166 Å². The molecule has 3 aromatic rings. The predicted molar refractivity (Wildman–Crippen MR) is 108 cm³/mol. The number of para-hydroxylation sites is 1. The molecule has 1 heterocycles. The Morgan fingerprint density at radius 3 is 2.48 bits per heavy atom. The number of nitrogens with two attached hydrogens (primary N) is 1. The van der Waals surface area contributed by atoms with Crippen molar-refractivity contribution in [2.24, 2.45) is 0 Å². The van der Waals surface area contributed by atoms with Gasteiger partial charge in [0.2, 0.25) is 0 Å². The lowest BCUT2D eigenvalue weighted by molar-refractivity contribution is 0.0592. The number of rotatable bonds is 5. The minimum atomic E-state index is -1.15. The summed E-state index contributed by atoms with van der Waals surface area (Å²) in [6.45, 7) is 1.94. The third kappa shape index (κ3) is 3.61. The Morgan fingerprint density at radius 1 is 1.21 bits per heavy atom. The topological polar surface area (TPSA) is 130 Å². The second-order valence-corrected chi connectivity index (χ2v) is 6.27. The van der Waals surface area contributed by atoms with E-state index >= 15 is 0 Å². The van der Waals surface area contributed by atoms with E-state index in [4.69, 9.17) is 10.5 Å². The Bertz CT molecular complexity index is 1140. The van der Waals surface area contributed by atoms with Crippen molar-refractivity contribution in [3.05, 3.63) is 71.0 Å². The van der Waals surface area contributed by atoms with E-state index in [1.54, 1.807) is 12.1 Å². The number of carboxylic acids is 1. The first-order valence-corrected chi connectivity index (χ1v) is 8.57. The maximum absolute atomic E-state index is 12.3. The van der Waals surface area contributed by atoms with Crippen LogP contribution in [0.3, 0.4) is 0 Å². The van der Waals surface area contributed by atoms with E-state index in [-0.39, 0.29) is 28.2 Å². The van der Waals surface area contributed by atoms with E-state index in [0.717, 1.165) is 5.56 Å². The number of carbonyl (C=O) groups excluding carboxylic acids is 1. The van der Waals surface area contributed by atoms with Gasteiger partial charge in [0.15, 0.2) is 5.69 Å². The molecule has 4 N–H and O–H groups in total. The normalized spacial score (nSPS) is 10.2. The molecular formula is C21H18N4O4. The number of methoxy groups -OCH3 is 1. The highest BCUT2D eigenvalue weighted by molar-refractivity contribution is 6.00. The van der Waals surface area contributed by atoms with Crippen LogP contribution in [0.15, 0.2) is 48.7 Å². The molecule has 0 radical (unpaired) electrons. The second-order valence-electron chi connectivity index (χ2n) is 6.27. The zero-order valence-corrected chi connectivity index (χ0v) is 15.8. The van der Waals surface area contributed by atoms with Crippen molar-refractivity contribution in [2.45, 2.75) is 6.92 Å². The first kappa shape index (κ1) is 19.5. The van der Waals surface area contributed by atoms with E-state index in [2.05, 4.69) is 5.32 Å². The number of nitrogens with one attached hydrogen (secondary N) is 1. The molecule has 0 spiro atoms. The summed E-state index contributed by atoms with van der Waals surface area (Å²) in [4.78, 5) is 24.1. The fourth-order valence-corrected chi connectivity index (χ4v) is 2.94. The minimum absolute atomic E-state index is 0.00956. The number of aromatic carboxylic acids is 1. The van der Waals surface area contributed by atoms with Gasteiger partial charge in [-0.15, -0.1) is 0 Å². The van der Waals surface area contributed by atoms with Gasteiger partial charge in [-0.1, -0.05) is 23.8 Å². The number of hydrogen-bond acceptors (Lipinski definition) is 6. The lowest BCUT2D eigenvalue weighted by atomic mass is 10.1. The van der Waals surface area contributed by atoms with Crippen molar-refractivity contribution in [3.63, 3.8) is 0 Å². The molecule has 0 aliphatic heterocycles. The Morgan fingerprint density at radius 2 is 1.90 bits per heavy atom. The number of nitrogens with zero attached hydrogens (tertiary/aromatic N) is 2. The molecule has 2 aromatic carbocycles. The molecular weight excluding hydrogens is 372 g/mol. The zero-order valence-electron chi connectivity index (χ0n) is 15.8. The lowest BCUT2D eigenvalue weighted by Crippen LogP contribution is -2.13. The number of benzene rings is 2. The average Bonchev–Trinajstić information content (AvgIpc) is 3.05. The highest BCUT2D eigenvalue weighted by atomic mass is 16.5. The van der Waals surface area contributed by atoms with Crippen LogP contribution in [-0.4, -0.2) is 28.7 Å². The van der Waals surface area contributed by atoms with Gasteiger partial charge in [-0.25, -0.2) is 9.59 Å². The summed E-state index contributed by atoms with van der Waals surface area (Å²) in [7, 11) is 1.20. The minimum Gasteiger partial charge on any atom is -0.478 e. The molecule has 0 atom stereocenters. The van der Waals surface area contributed by atoms with Gasteiger partial charge in [0.25, 0.3) is 0 Å². The number of nitriles is 1. The number of esters is 1. The third-order valence-corrected chi connectivity index (χ3v) is 4.40. The van der Waals surface area contributed by atoms with Gasteiger partial charge in [-0.3, -0.25) is 0 Å². The Balaban J connectivity index is 2.27. The van der Waals surface area contributed by atoms with Crippen LogP contribution < -0.4 is 11.1 Å². The van der Waals surface area contributed by atoms with Crippen molar-refractivity contribution in [3.8, 4) is 11.8 Å². The van der Waals surface area contributed by atoms with Gasteiger partial charge < -0.3 is 25.5 Å². The van der Waals surface area contributed by atoms with Gasteiger partial charge in [0.05, 0.1) is 35.3 Å². The third-order valence-electron chi connectivity index (χ3n) is 4.40. The largest absolute Gasteiger partial charge is 0.478 e. The van der Waals surface area contributed by atoms with Gasteiger partial charge in [0, 0.05) is 11.9 Å². The maximum atomic E-state index is 12.3. The van der Waals surface area contributed by atoms with E-state index < -0.39 is 11.9 Å². The standard InChI is InChI=1S/C21H18N4O4/c1-12-6-8-14(9-7-12)24-18-15(20(26)27)4-3-5-16(18)25-11-13(10-22)17(23)19(25)21(28)29-2/h3-9,11,24H,23H2,1-2H3,(H,26,27). The summed E-state index contributed by atoms with van der Waals surface area (Å²) >= 11 is 0. The molecule has 0 bridgehead atoms. The molecule has 0 aliphatic carbocycles. The Hall–Kier alpha value is -4.25. The van der Waals surface area contributed by atoms with Gasteiger partial charge in [0.1, 0.15) is 6.07 Å². The number of hydrogen-bond donors (Lipinski definition) is 3. The molecule has 0 saturated carbocycles. The summed E-state index contributed by atoms with van der Waals surface area (Å²) in [6, 6.07) is 13.9. The van der Waals surface area contributed by atoms with Crippen molar-refractivity contribution < 1.29 is 19.4 Å².